The summed E-state index contributed by atoms with van der Waals surface area (Å²) in [4.78, 5) is 10.2. The van der Waals surface area contributed by atoms with Gasteiger partial charge in [-0.15, -0.1) is 0 Å². The summed E-state index contributed by atoms with van der Waals surface area (Å²) in [7, 11) is 0. The van der Waals surface area contributed by atoms with Crippen molar-refractivity contribution in [1.29, 1.82) is 0 Å². The third-order valence-electron chi connectivity index (χ3n) is 6.59. The van der Waals surface area contributed by atoms with E-state index in [1.54, 1.807) is 0 Å². The summed E-state index contributed by atoms with van der Waals surface area (Å²) in [6.45, 7) is 8.93. The zero-order chi connectivity index (χ0) is 19.8. The fourth-order valence-corrected chi connectivity index (χ4v) is 5.97. The van der Waals surface area contributed by atoms with E-state index in [2.05, 4.69) is 42.0 Å². The van der Waals surface area contributed by atoms with E-state index in [0.29, 0.717) is 22.9 Å². The fraction of sp³-hybridized carbons (Fsp3) is 0.682. The van der Waals surface area contributed by atoms with Crippen LogP contribution in [0.25, 0.3) is 0 Å². The van der Waals surface area contributed by atoms with Crippen molar-refractivity contribution in [3.8, 4) is 0 Å². The predicted molar refractivity (Wildman–Crippen MR) is 120 cm³/mol. The van der Waals surface area contributed by atoms with Crippen LogP contribution in [0.15, 0.2) is 23.2 Å². The highest BCUT2D eigenvalue weighted by Gasteiger charge is 2.51. The van der Waals surface area contributed by atoms with Gasteiger partial charge in [-0.25, -0.2) is 0 Å². The minimum Gasteiger partial charge on any atom is -0.357 e. The molecule has 1 aromatic carbocycles. The Bertz CT molecular complexity index is 731. The van der Waals surface area contributed by atoms with Crippen molar-refractivity contribution >= 4 is 34.7 Å². The molecule has 2 saturated heterocycles. The quantitative estimate of drug-likeness (QED) is 0.665. The lowest BCUT2D eigenvalue weighted by molar-refractivity contribution is 0.234. The summed E-state index contributed by atoms with van der Waals surface area (Å²) in [6.07, 6.45) is 6.51. The average molecular weight is 423 g/mol. The second-order valence-corrected chi connectivity index (χ2v) is 9.37. The number of nitrogens with zero attached hydrogens (tertiary/aromatic N) is 3. The molecule has 0 radical (unpaired) electrons. The van der Waals surface area contributed by atoms with Crippen LogP contribution >= 0.6 is 23.2 Å². The topological polar surface area (TPSA) is 30.9 Å². The highest BCUT2D eigenvalue weighted by Crippen LogP contribution is 2.43. The van der Waals surface area contributed by atoms with Crippen molar-refractivity contribution in [2.45, 2.75) is 71.2 Å². The lowest BCUT2D eigenvalue weighted by Gasteiger charge is -2.47. The molecule has 3 aliphatic rings. The maximum absolute atomic E-state index is 6.59. The van der Waals surface area contributed by atoms with Gasteiger partial charge in [0, 0.05) is 24.2 Å². The Morgan fingerprint density at radius 1 is 1.21 bits per heavy atom. The molecule has 3 heterocycles. The van der Waals surface area contributed by atoms with Gasteiger partial charge in [-0.1, -0.05) is 49.9 Å². The number of anilines is 1. The summed E-state index contributed by atoms with van der Waals surface area (Å²) >= 11 is 12.7. The van der Waals surface area contributed by atoms with Gasteiger partial charge in [0.2, 0.25) is 0 Å². The molecule has 0 bridgehead atoms. The van der Waals surface area contributed by atoms with E-state index in [0.717, 1.165) is 23.8 Å². The van der Waals surface area contributed by atoms with Crippen molar-refractivity contribution in [1.82, 2.24) is 10.2 Å². The molecular weight excluding hydrogens is 391 g/mol. The zero-order valence-corrected chi connectivity index (χ0v) is 18.7. The van der Waals surface area contributed by atoms with E-state index in [4.69, 9.17) is 28.2 Å². The molecule has 0 amide bonds. The van der Waals surface area contributed by atoms with Crippen LogP contribution in [0.4, 0.5) is 5.69 Å². The Hall–Kier alpha value is -0.970. The SMILES string of the molecule is CCCC(CCC)N1CC2CCN(c3ccc(Cl)cc3Cl)C3NC(C)N=C1C23. The summed E-state index contributed by atoms with van der Waals surface area (Å²) in [5.41, 5.74) is 1.08. The molecule has 154 valence electrons. The van der Waals surface area contributed by atoms with Gasteiger partial charge in [-0.05, 0) is 50.3 Å². The number of rotatable bonds is 6. The number of piperidine rings is 1. The molecule has 6 heteroatoms. The van der Waals surface area contributed by atoms with Gasteiger partial charge >= 0.3 is 0 Å². The van der Waals surface area contributed by atoms with Crippen LogP contribution in [0.5, 0.6) is 0 Å². The number of hydrogen-bond donors (Lipinski definition) is 1. The van der Waals surface area contributed by atoms with Gasteiger partial charge in [-0.3, -0.25) is 10.3 Å². The first kappa shape index (κ1) is 20.3. The van der Waals surface area contributed by atoms with Crippen LogP contribution in [-0.2, 0) is 0 Å². The standard InChI is InChI=1S/C22H32Cl2N4/c1-4-6-17(7-5-2)28-13-15-10-11-27(19-9-8-16(23)12-18(19)24)21-20(15)22(28)26-14(3)25-21/h8-9,12,14-15,17,20-21,25H,4-7,10-11,13H2,1-3H3. The maximum atomic E-state index is 6.59. The molecular formula is C22H32Cl2N4. The molecule has 0 saturated carbocycles. The molecule has 4 atom stereocenters. The second kappa shape index (κ2) is 8.41. The molecule has 4 nitrogen and oxygen atoms in total. The Labute approximate surface area is 179 Å². The number of hydrogen-bond acceptors (Lipinski definition) is 4. The van der Waals surface area contributed by atoms with E-state index in [-0.39, 0.29) is 12.3 Å². The van der Waals surface area contributed by atoms with Crippen molar-refractivity contribution in [2.24, 2.45) is 16.8 Å². The van der Waals surface area contributed by atoms with Crippen LogP contribution in [0.3, 0.4) is 0 Å². The number of aliphatic imine (C=N–C) groups is 1. The van der Waals surface area contributed by atoms with Gasteiger partial charge in [0.05, 0.1) is 22.8 Å². The third kappa shape index (κ3) is 3.64. The van der Waals surface area contributed by atoms with Gasteiger partial charge in [0.15, 0.2) is 0 Å². The van der Waals surface area contributed by atoms with Crippen LogP contribution < -0.4 is 10.2 Å². The van der Waals surface area contributed by atoms with Crippen LogP contribution in [-0.4, -0.2) is 42.2 Å². The minimum atomic E-state index is 0.119. The predicted octanol–water partition coefficient (Wildman–Crippen LogP) is 5.39. The Balaban J connectivity index is 1.66. The number of benzene rings is 1. The van der Waals surface area contributed by atoms with Gasteiger partial charge in [0.1, 0.15) is 12.0 Å². The number of nitrogens with one attached hydrogen (secondary N) is 1. The smallest absolute Gasteiger partial charge is 0.108 e. The molecule has 2 fully saturated rings. The van der Waals surface area contributed by atoms with Crippen LogP contribution in [0.2, 0.25) is 10.0 Å². The lowest BCUT2D eigenvalue weighted by atomic mass is 9.83. The first-order valence-electron chi connectivity index (χ1n) is 10.9. The summed E-state index contributed by atoms with van der Waals surface area (Å²) in [5, 5.41) is 5.17. The molecule has 3 aliphatic heterocycles. The fourth-order valence-electron chi connectivity index (χ4n) is 5.45. The molecule has 1 aromatic rings. The van der Waals surface area contributed by atoms with E-state index >= 15 is 0 Å². The Morgan fingerprint density at radius 3 is 2.64 bits per heavy atom. The van der Waals surface area contributed by atoms with E-state index in [9.17, 15) is 0 Å². The Morgan fingerprint density at radius 2 is 1.96 bits per heavy atom. The van der Waals surface area contributed by atoms with Gasteiger partial charge in [0.25, 0.3) is 0 Å². The van der Waals surface area contributed by atoms with E-state index in [1.165, 1.54) is 37.9 Å². The maximum Gasteiger partial charge on any atom is 0.108 e. The highest BCUT2D eigenvalue weighted by atomic mass is 35.5. The summed E-state index contributed by atoms with van der Waals surface area (Å²) in [5.74, 6) is 2.44. The third-order valence-corrected chi connectivity index (χ3v) is 7.13. The zero-order valence-electron chi connectivity index (χ0n) is 17.2. The second-order valence-electron chi connectivity index (χ2n) is 8.52. The molecule has 4 unspecified atom stereocenters. The molecule has 0 aromatic heterocycles. The van der Waals surface area contributed by atoms with Crippen molar-refractivity contribution in [2.75, 3.05) is 18.0 Å². The largest absolute Gasteiger partial charge is 0.357 e. The number of halogens is 2. The van der Waals surface area contributed by atoms with Crippen LogP contribution in [0.1, 0.15) is 52.9 Å². The normalized spacial score (nSPS) is 29.3. The highest BCUT2D eigenvalue weighted by molar-refractivity contribution is 6.36. The molecule has 0 aliphatic carbocycles. The first-order chi connectivity index (χ1) is 13.5. The molecule has 0 spiro atoms. The lowest BCUT2D eigenvalue weighted by Crippen LogP contribution is -2.62. The Kier molecular flexibility index (Phi) is 6.10. The number of amidine groups is 1. The monoisotopic (exact) mass is 422 g/mol. The van der Waals surface area contributed by atoms with E-state index in [1.807, 2.05) is 12.1 Å². The van der Waals surface area contributed by atoms with E-state index < -0.39 is 0 Å². The minimum absolute atomic E-state index is 0.119. The van der Waals surface area contributed by atoms with Gasteiger partial charge < -0.3 is 9.80 Å². The van der Waals surface area contributed by atoms with Crippen molar-refractivity contribution < 1.29 is 0 Å². The number of likely N-dealkylation sites (tertiary alicyclic amines) is 1. The molecule has 4 rings (SSSR count). The molecule has 1 N–H and O–H groups in total. The first-order valence-corrected chi connectivity index (χ1v) is 11.6. The average Bonchev–Trinajstić information content (AvgIpc) is 3.02. The van der Waals surface area contributed by atoms with Gasteiger partial charge in [-0.2, -0.15) is 0 Å². The van der Waals surface area contributed by atoms with Crippen molar-refractivity contribution in [3.05, 3.63) is 28.2 Å². The van der Waals surface area contributed by atoms with Crippen molar-refractivity contribution in [3.63, 3.8) is 0 Å². The summed E-state index contributed by atoms with van der Waals surface area (Å²) < 4.78 is 0. The van der Waals surface area contributed by atoms with Crippen LogP contribution in [0, 0.1) is 11.8 Å². The molecule has 28 heavy (non-hydrogen) atoms. The summed E-state index contributed by atoms with van der Waals surface area (Å²) in [6, 6.07) is 6.48.